The topological polar surface area (TPSA) is 34.1 Å². The van der Waals surface area contributed by atoms with E-state index in [-0.39, 0.29) is 6.10 Å². The van der Waals surface area contributed by atoms with E-state index in [1.165, 1.54) is 0 Å². The van der Waals surface area contributed by atoms with Crippen molar-refractivity contribution in [3.63, 3.8) is 0 Å². The normalized spacial score (nSPS) is 23.0. The van der Waals surface area contributed by atoms with Crippen molar-refractivity contribution in [3.05, 3.63) is 29.6 Å². The van der Waals surface area contributed by atoms with Gasteiger partial charge in [-0.2, -0.15) is 0 Å². The van der Waals surface area contributed by atoms with Crippen LogP contribution in [0.15, 0.2) is 18.2 Å². The van der Waals surface area contributed by atoms with Crippen LogP contribution < -0.4 is 5.32 Å². The smallest absolute Gasteiger partial charge is 0.112 e. The molecule has 70 valence electrons. The highest BCUT2D eigenvalue weighted by Gasteiger charge is 2.16. The summed E-state index contributed by atoms with van der Waals surface area (Å²) < 4.78 is 5.59. The molecule has 2 rings (SSSR count). The predicted molar refractivity (Wildman–Crippen MR) is 50.5 cm³/mol. The van der Waals surface area contributed by atoms with Crippen LogP contribution in [-0.2, 0) is 4.74 Å². The lowest BCUT2D eigenvalue weighted by Gasteiger charge is -2.23. The highest BCUT2D eigenvalue weighted by atomic mass is 16.5. The Morgan fingerprint density at radius 3 is 3.15 bits per heavy atom. The minimum atomic E-state index is 0.133. The molecule has 0 aromatic carbocycles. The molecule has 0 amide bonds. The highest BCUT2D eigenvalue weighted by Crippen LogP contribution is 2.16. The van der Waals surface area contributed by atoms with E-state index >= 15 is 0 Å². The van der Waals surface area contributed by atoms with Crippen LogP contribution in [0.1, 0.15) is 17.5 Å². The van der Waals surface area contributed by atoms with Crippen molar-refractivity contribution in [1.82, 2.24) is 10.3 Å². The molecule has 0 radical (unpaired) electrons. The Labute approximate surface area is 78.1 Å². The van der Waals surface area contributed by atoms with Crippen molar-refractivity contribution in [2.75, 3.05) is 19.7 Å². The summed E-state index contributed by atoms with van der Waals surface area (Å²) in [5, 5.41) is 3.29. The first-order valence-corrected chi connectivity index (χ1v) is 4.62. The van der Waals surface area contributed by atoms with Crippen LogP contribution in [0.25, 0.3) is 0 Å². The summed E-state index contributed by atoms with van der Waals surface area (Å²) in [6.45, 7) is 4.60. The van der Waals surface area contributed by atoms with Gasteiger partial charge < -0.3 is 10.1 Å². The summed E-state index contributed by atoms with van der Waals surface area (Å²) in [6.07, 6.45) is 0.133. The highest BCUT2D eigenvalue weighted by molar-refractivity contribution is 5.12. The summed E-state index contributed by atoms with van der Waals surface area (Å²) in [7, 11) is 0. The molecule has 3 heteroatoms. The van der Waals surface area contributed by atoms with Gasteiger partial charge >= 0.3 is 0 Å². The third-order valence-electron chi connectivity index (χ3n) is 2.17. The van der Waals surface area contributed by atoms with Gasteiger partial charge in [0.25, 0.3) is 0 Å². The number of hydrogen-bond donors (Lipinski definition) is 1. The fourth-order valence-electron chi connectivity index (χ4n) is 1.50. The second-order valence-electron chi connectivity index (χ2n) is 3.27. The maximum atomic E-state index is 5.59. The molecule has 13 heavy (non-hydrogen) atoms. The summed E-state index contributed by atoms with van der Waals surface area (Å²) in [5.41, 5.74) is 2.08. The maximum absolute atomic E-state index is 5.59. The number of ether oxygens (including phenoxy) is 1. The minimum Gasteiger partial charge on any atom is -0.369 e. The van der Waals surface area contributed by atoms with Gasteiger partial charge in [-0.15, -0.1) is 0 Å². The zero-order valence-electron chi connectivity index (χ0n) is 7.79. The van der Waals surface area contributed by atoms with Gasteiger partial charge in [0.2, 0.25) is 0 Å². The van der Waals surface area contributed by atoms with Gasteiger partial charge in [-0.05, 0) is 19.1 Å². The van der Waals surface area contributed by atoms with Crippen LogP contribution >= 0.6 is 0 Å². The Morgan fingerprint density at radius 2 is 2.46 bits per heavy atom. The first kappa shape index (κ1) is 8.66. The first-order chi connectivity index (χ1) is 6.36. The van der Waals surface area contributed by atoms with Crippen LogP contribution in [-0.4, -0.2) is 24.7 Å². The van der Waals surface area contributed by atoms with Crippen LogP contribution in [0.2, 0.25) is 0 Å². The molecule has 1 atom stereocenters. The number of rotatable bonds is 1. The van der Waals surface area contributed by atoms with Gasteiger partial charge in [-0.25, -0.2) is 0 Å². The molecule has 0 spiro atoms. The van der Waals surface area contributed by atoms with Gasteiger partial charge in [0.15, 0.2) is 0 Å². The molecule has 0 aliphatic carbocycles. The van der Waals surface area contributed by atoms with E-state index in [0.29, 0.717) is 0 Å². The maximum Gasteiger partial charge on any atom is 0.112 e. The lowest BCUT2D eigenvalue weighted by molar-refractivity contribution is 0.0249. The van der Waals surface area contributed by atoms with Crippen molar-refractivity contribution >= 4 is 0 Å². The first-order valence-electron chi connectivity index (χ1n) is 4.62. The van der Waals surface area contributed by atoms with Crippen molar-refractivity contribution in [2.45, 2.75) is 13.0 Å². The molecule has 1 aromatic rings. The minimum absolute atomic E-state index is 0.133. The van der Waals surface area contributed by atoms with E-state index in [2.05, 4.69) is 10.3 Å². The molecule has 0 saturated carbocycles. The van der Waals surface area contributed by atoms with Gasteiger partial charge in [-0.1, -0.05) is 6.07 Å². The number of aromatic nitrogens is 1. The summed E-state index contributed by atoms with van der Waals surface area (Å²) in [4.78, 5) is 4.43. The number of nitrogens with one attached hydrogen (secondary N) is 1. The summed E-state index contributed by atoms with van der Waals surface area (Å²) >= 11 is 0. The monoisotopic (exact) mass is 178 g/mol. The molecule has 1 saturated heterocycles. The molecular formula is C10H14N2O. The van der Waals surface area contributed by atoms with E-state index < -0.39 is 0 Å². The SMILES string of the molecule is Cc1cccc(C2CNCCO2)n1. The number of nitrogens with zero attached hydrogens (tertiary/aromatic N) is 1. The lowest BCUT2D eigenvalue weighted by Crippen LogP contribution is -2.33. The van der Waals surface area contributed by atoms with E-state index in [1.54, 1.807) is 0 Å². The molecule has 1 N–H and O–H groups in total. The molecule has 3 nitrogen and oxygen atoms in total. The van der Waals surface area contributed by atoms with Crippen LogP contribution in [0.3, 0.4) is 0 Å². The molecule has 1 aliphatic heterocycles. The molecule has 1 aromatic heterocycles. The van der Waals surface area contributed by atoms with Crippen LogP contribution in [0, 0.1) is 6.92 Å². The quantitative estimate of drug-likeness (QED) is 0.698. The fraction of sp³-hybridized carbons (Fsp3) is 0.500. The number of morpholine rings is 1. The summed E-state index contributed by atoms with van der Waals surface area (Å²) in [5.74, 6) is 0. The molecule has 2 heterocycles. The second-order valence-corrected chi connectivity index (χ2v) is 3.27. The Morgan fingerprint density at radius 1 is 1.54 bits per heavy atom. The molecular weight excluding hydrogens is 164 g/mol. The predicted octanol–water partition coefficient (Wildman–Crippen LogP) is 1.05. The molecule has 1 aliphatic rings. The van der Waals surface area contributed by atoms with Gasteiger partial charge in [0.05, 0.1) is 12.3 Å². The van der Waals surface area contributed by atoms with Crippen LogP contribution in [0.5, 0.6) is 0 Å². The second kappa shape index (κ2) is 3.85. The van der Waals surface area contributed by atoms with Crippen molar-refractivity contribution in [1.29, 1.82) is 0 Å². The number of aryl methyl sites for hydroxylation is 1. The van der Waals surface area contributed by atoms with Gasteiger partial charge in [-0.3, -0.25) is 4.98 Å². The van der Waals surface area contributed by atoms with Crippen molar-refractivity contribution < 1.29 is 4.74 Å². The van der Waals surface area contributed by atoms with E-state index in [4.69, 9.17) is 4.74 Å². The molecule has 0 bridgehead atoms. The zero-order valence-corrected chi connectivity index (χ0v) is 7.79. The van der Waals surface area contributed by atoms with Crippen LogP contribution in [0.4, 0.5) is 0 Å². The zero-order chi connectivity index (χ0) is 9.10. The largest absolute Gasteiger partial charge is 0.369 e. The average molecular weight is 178 g/mol. The standard InChI is InChI=1S/C10H14N2O/c1-8-3-2-4-9(12-8)10-7-11-5-6-13-10/h2-4,10-11H,5-7H2,1H3. The fourth-order valence-corrected chi connectivity index (χ4v) is 1.50. The summed E-state index contributed by atoms with van der Waals surface area (Å²) in [6, 6.07) is 6.04. The van der Waals surface area contributed by atoms with E-state index in [9.17, 15) is 0 Å². The molecule has 1 unspecified atom stereocenters. The average Bonchev–Trinajstić information content (AvgIpc) is 2.19. The third kappa shape index (κ3) is 2.05. The van der Waals surface area contributed by atoms with E-state index in [0.717, 1.165) is 31.1 Å². The van der Waals surface area contributed by atoms with E-state index in [1.807, 2.05) is 25.1 Å². The van der Waals surface area contributed by atoms with Crippen molar-refractivity contribution in [3.8, 4) is 0 Å². The van der Waals surface area contributed by atoms with Crippen molar-refractivity contribution in [2.24, 2.45) is 0 Å². The Kier molecular flexibility index (Phi) is 2.57. The molecule has 1 fully saturated rings. The number of hydrogen-bond acceptors (Lipinski definition) is 3. The Bertz CT molecular complexity index is 282. The lowest BCUT2D eigenvalue weighted by atomic mass is 10.2. The van der Waals surface area contributed by atoms with Gasteiger partial charge in [0, 0.05) is 18.8 Å². The number of pyridine rings is 1. The van der Waals surface area contributed by atoms with Gasteiger partial charge in [0.1, 0.15) is 6.10 Å². The third-order valence-corrected chi connectivity index (χ3v) is 2.17. The Hall–Kier alpha value is -0.930. The Balaban J connectivity index is 2.14.